The van der Waals surface area contributed by atoms with Crippen LogP contribution in [0.5, 0.6) is 0 Å². The Kier molecular flexibility index (Phi) is 3.74. The van der Waals surface area contributed by atoms with Gasteiger partial charge in [0.05, 0.1) is 11.1 Å². The second kappa shape index (κ2) is 5.67. The number of rotatable bonds is 3. The van der Waals surface area contributed by atoms with Gasteiger partial charge in [-0.3, -0.25) is 4.79 Å². The van der Waals surface area contributed by atoms with Crippen molar-refractivity contribution in [2.75, 3.05) is 20.1 Å². The van der Waals surface area contributed by atoms with Gasteiger partial charge in [0.1, 0.15) is 0 Å². The highest BCUT2D eigenvalue weighted by Crippen LogP contribution is 2.18. The summed E-state index contributed by atoms with van der Waals surface area (Å²) in [6, 6.07) is 8.28. The molecule has 106 valence electrons. The molecular formula is C16H21N3O. The highest BCUT2D eigenvalue weighted by atomic mass is 16.2. The van der Waals surface area contributed by atoms with E-state index in [-0.39, 0.29) is 5.91 Å². The van der Waals surface area contributed by atoms with E-state index in [1.54, 1.807) is 0 Å². The molecule has 0 saturated carbocycles. The summed E-state index contributed by atoms with van der Waals surface area (Å²) in [6.45, 7) is 1.84. The molecule has 20 heavy (non-hydrogen) atoms. The lowest BCUT2D eigenvalue weighted by atomic mass is 10.0. The monoisotopic (exact) mass is 271 g/mol. The third-order valence-corrected chi connectivity index (χ3v) is 4.07. The lowest BCUT2D eigenvalue weighted by Crippen LogP contribution is -2.44. The quantitative estimate of drug-likeness (QED) is 0.900. The van der Waals surface area contributed by atoms with Crippen molar-refractivity contribution in [3.05, 3.63) is 36.0 Å². The molecule has 1 aliphatic heterocycles. The van der Waals surface area contributed by atoms with Crippen molar-refractivity contribution in [3.63, 3.8) is 0 Å². The van der Waals surface area contributed by atoms with Crippen molar-refractivity contribution in [1.29, 1.82) is 0 Å². The van der Waals surface area contributed by atoms with Gasteiger partial charge in [-0.05, 0) is 31.5 Å². The number of hydrogen-bond acceptors (Lipinski definition) is 2. The zero-order chi connectivity index (χ0) is 13.9. The van der Waals surface area contributed by atoms with Crippen LogP contribution in [-0.2, 0) is 0 Å². The Morgan fingerprint density at radius 3 is 3.05 bits per heavy atom. The Bertz CT molecular complexity index is 599. The third-order valence-electron chi connectivity index (χ3n) is 4.07. The van der Waals surface area contributed by atoms with E-state index >= 15 is 0 Å². The SMILES string of the molecule is CN(CC1CCCCN1)C(=O)c1cccc2cc[nH]c12. The number of H-pyrrole nitrogens is 1. The summed E-state index contributed by atoms with van der Waals surface area (Å²) in [6.07, 6.45) is 5.54. The fourth-order valence-electron chi connectivity index (χ4n) is 2.96. The normalized spacial score (nSPS) is 19.1. The van der Waals surface area contributed by atoms with Crippen molar-refractivity contribution in [3.8, 4) is 0 Å². The Hall–Kier alpha value is -1.81. The second-order valence-electron chi connectivity index (χ2n) is 5.58. The molecular weight excluding hydrogens is 250 g/mol. The summed E-state index contributed by atoms with van der Waals surface area (Å²) in [4.78, 5) is 17.6. The number of likely N-dealkylation sites (N-methyl/N-ethyl adjacent to an activating group) is 1. The van der Waals surface area contributed by atoms with Gasteiger partial charge in [-0.1, -0.05) is 18.6 Å². The van der Waals surface area contributed by atoms with E-state index in [9.17, 15) is 4.79 Å². The van der Waals surface area contributed by atoms with Gasteiger partial charge in [0.2, 0.25) is 0 Å². The largest absolute Gasteiger partial charge is 0.361 e. The van der Waals surface area contributed by atoms with E-state index in [1.807, 2.05) is 42.4 Å². The van der Waals surface area contributed by atoms with Crippen LogP contribution in [-0.4, -0.2) is 42.0 Å². The van der Waals surface area contributed by atoms with Crippen LogP contribution < -0.4 is 5.32 Å². The van der Waals surface area contributed by atoms with Crippen LogP contribution in [0, 0.1) is 0 Å². The third kappa shape index (κ3) is 2.56. The molecule has 4 nitrogen and oxygen atoms in total. The molecule has 1 amide bonds. The Balaban J connectivity index is 1.75. The number of carbonyl (C=O) groups excluding carboxylic acids is 1. The van der Waals surface area contributed by atoms with E-state index in [0.717, 1.165) is 36.0 Å². The molecule has 1 unspecified atom stereocenters. The molecule has 1 saturated heterocycles. The van der Waals surface area contributed by atoms with E-state index in [0.29, 0.717) is 6.04 Å². The van der Waals surface area contributed by atoms with Crippen LogP contribution in [0.1, 0.15) is 29.6 Å². The van der Waals surface area contributed by atoms with Gasteiger partial charge in [0, 0.05) is 31.2 Å². The Labute approximate surface area is 119 Å². The van der Waals surface area contributed by atoms with E-state index in [4.69, 9.17) is 0 Å². The van der Waals surface area contributed by atoms with Gasteiger partial charge in [-0.2, -0.15) is 0 Å². The van der Waals surface area contributed by atoms with Gasteiger partial charge in [0.25, 0.3) is 5.91 Å². The van der Waals surface area contributed by atoms with Crippen molar-refractivity contribution in [2.24, 2.45) is 0 Å². The van der Waals surface area contributed by atoms with Gasteiger partial charge in [-0.25, -0.2) is 0 Å². The predicted molar refractivity (Wildman–Crippen MR) is 80.9 cm³/mol. The standard InChI is InChI=1S/C16H21N3O/c1-19(11-13-6-2-3-9-17-13)16(20)14-7-4-5-12-8-10-18-15(12)14/h4-5,7-8,10,13,17-18H,2-3,6,9,11H2,1H3. The number of aromatic amines is 1. The van der Waals surface area contributed by atoms with Crippen LogP contribution in [0.3, 0.4) is 0 Å². The summed E-state index contributed by atoms with van der Waals surface area (Å²) in [5.41, 5.74) is 1.69. The Morgan fingerprint density at radius 1 is 1.35 bits per heavy atom. The van der Waals surface area contributed by atoms with Gasteiger partial charge < -0.3 is 15.2 Å². The van der Waals surface area contributed by atoms with Crippen molar-refractivity contribution in [2.45, 2.75) is 25.3 Å². The average molecular weight is 271 g/mol. The molecule has 2 aromatic rings. The van der Waals surface area contributed by atoms with Crippen LogP contribution in [0.4, 0.5) is 0 Å². The average Bonchev–Trinajstić information content (AvgIpc) is 2.96. The molecule has 0 bridgehead atoms. The minimum atomic E-state index is 0.0884. The van der Waals surface area contributed by atoms with E-state index in [1.165, 1.54) is 12.8 Å². The van der Waals surface area contributed by atoms with Crippen molar-refractivity contribution >= 4 is 16.8 Å². The van der Waals surface area contributed by atoms with Crippen LogP contribution in [0.15, 0.2) is 30.5 Å². The minimum absolute atomic E-state index is 0.0884. The fraction of sp³-hybridized carbons (Fsp3) is 0.438. The van der Waals surface area contributed by atoms with Gasteiger partial charge >= 0.3 is 0 Å². The first-order valence-electron chi connectivity index (χ1n) is 7.30. The van der Waals surface area contributed by atoms with E-state index in [2.05, 4.69) is 10.3 Å². The summed E-state index contributed by atoms with van der Waals surface area (Å²) in [5.74, 6) is 0.0884. The molecule has 0 radical (unpaired) electrons. The number of carbonyl (C=O) groups is 1. The number of nitrogens with zero attached hydrogens (tertiary/aromatic N) is 1. The first-order chi connectivity index (χ1) is 9.75. The highest BCUT2D eigenvalue weighted by molar-refractivity contribution is 6.05. The van der Waals surface area contributed by atoms with Crippen LogP contribution >= 0.6 is 0 Å². The molecule has 2 heterocycles. The Morgan fingerprint density at radius 2 is 2.25 bits per heavy atom. The second-order valence-corrected chi connectivity index (χ2v) is 5.58. The number of nitrogens with one attached hydrogen (secondary N) is 2. The molecule has 1 aliphatic rings. The van der Waals surface area contributed by atoms with Crippen molar-refractivity contribution < 1.29 is 4.79 Å². The molecule has 1 atom stereocenters. The molecule has 4 heteroatoms. The number of para-hydroxylation sites is 1. The number of aromatic nitrogens is 1. The molecule has 1 aromatic carbocycles. The smallest absolute Gasteiger partial charge is 0.255 e. The summed E-state index contributed by atoms with van der Waals surface area (Å²) < 4.78 is 0. The molecule has 0 spiro atoms. The van der Waals surface area contributed by atoms with E-state index < -0.39 is 0 Å². The predicted octanol–water partition coefficient (Wildman–Crippen LogP) is 2.38. The summed E-state index contributed by atoms with van der Waals surface area (Å²) in [5, 5.41) is 4.57. The summed E-state index contributed by atoms with van der Waals surface area (Å²) in [7, 11) is 1.89. The highest BCUT2D eigenvalue weighted by Gasteiger charge is 2.20. The fourth-order valence-corrected chi connectivity index (χ4v) is 2.96. The number of benzene rings is 1. The van der Waals surface area contributed by atoms with Crippen LogP contribution in [0.2, 0.25) is 0 Å². The molecule has 1 aromatic heterocycles. The maximum Gasteiger partial charge on any atom is 0.255 e. The molecule has 0 aliphatic carbocycles. The zero-order valence-electron chi connectivity index (χ0n) is 11.9. The maximum absolute atomic E-state index is 12.6. The lowest BCUT2D eigenvalue weighted by Gasteiger charge is -2.28. The molecule has 2 N–H and O–H groups in total. The molecule has 3 rings (SSSR count). The lowest BCUT2D eigenvalue weighted by molar-refractivity contribution is 0.0777. The first kappa shape index (κ1) is 13.2. The number of piperidine rings is 1. The minimum Gasteiger partial charge on any atom is -0.361 e. The topological polar surface area (TPSA) is 48.1 Å². The zero-order valence-corrected chi connectivity index (χ0v) is 11.9. The summed E-state index contributed by atoms with van der Waals surface area (Å²) >= 11 is 0. The van der Waals surface area contributed by atoms with Gasteiger partial charge in [-0.15, -0.1) is 0 Å². The number of fused-ring (bicyclic) bond motifs is 1. The molecule has 1 fully saturated rings. The van der Waals surface area contributed by atoms with Gasteiger partial charge in [0.15, 0.2) is 0 Å². The maximum atomic E-state index is 12.6. The van der Waals surface area contributed by atoms with Crippen LogP contribution in [0.25, 0.3) is 10.9 Å². The first-order valence-corrected chi connectivity index (χ1v) is 7.30. The number of amides is 1. The van der Waals surface area contributed by atoms with Crippen molar-refractivity contribution in [1.82, 2.24) is 15.2 Å². The number of hydrogen-bond donors (Lipinski definition) is 2.